The van der Waals surface area contributed by atoms with Crippen LogP contribution in [-0.2, 0) is 0 Å². The van der Waals surface area contributed by atoms with Gasteiger partial charge in [-0.3, -0.25) is 4.98 Å². The molecular formula is C13H9F8N3O2. The normalized spacial score (nSPS) is 13.3. The molecule has 0 atom stereocenters. The number of aromatic amines is 1. The molecule has 0 unspecified atom stereocenters. The number of benzene rings is 1. The van der Waals surface area contributed by atoms with E-state index < -0.39 is 42.2 Å². The second-order valence-corrected chi connectivity index (χ2v) is 4.99. The lowest BCUT2D eigenvalue weighted by atomic mass is 10.1. The number of nitrogens with one attached hydrogen (secondary N) is 1. The van der Waals surface area contributed by atoms with Crippen LogP contribution in [0.4, 0.5) is 35.1 Å². The molecule has 0 fully saturated rings. The summed E-state index contributed by atoms with van der Waals surface area (Å²) in [6.45, 7) is -2.27. The highest BCUT2D eigenvalue weighted by Crippen LogP contribution is 2.48. The zero-order chi connectivity index (χ0) is 19.8. The average molecular weight is 391 g/mol. The third-order valence-electron chi connectivity index (χ3n) is 3.21. The van der Waals surface area contributed by atoms with Crippen molar-refractivity contribution < 1.29 is 39.9 Å². The molecule has 0 aliphatic heterocycles. The van der Waals surface area contributed by atoms with Gasteiger partial charge in [0, 0.05) is 0 Å². The van der Waals surface area contributed by atoms with Crippen LogP contribution in [0.3, 0.4) is 0 Å². The van der Waals surface area contributed by atoms with Crippen LogP contribution >= 0.6 is 0 Å². The van der Waals surface area contributed by atoms with E-state index in [1.807, 2.05) is 0 Å². The summed E-state index contributed by atoms with van der Waals surface area (Å²) in [6, 6.07) is 4.22. The highest BCUT2D eigenvalue weighted by atomic mass is 19.4. The van der Waals surface area contributed by atoms with Gasteiger partial charge in [0.15, 0.2) is 6.61 Å². The lowest BCUT2D eigenvalue weighted by molar-refractivity contribution is -0.342. The van der Waals surface area contributed by atoms with E-state index in [0.717, 1.165) is 35.3 Å². The molecule has 144 valence electrons. The molecule has 0 aliphatic carbocycles. The Morgan fingerprint density at radius 1 is 1.08 bits per heavy atom. The van der Waals surface area contributed by atoms with Crippen LogP contribution in [0.15, 0.2) is 35.4 Å². The largest absolute Gasteiger partial charge is 0.487 e. The van der Waals surface area contributed by atoms with Crippen LogP contribution in [0.1, 0.15) is 0 Å². The maximum atomic E-state index is 13.4. The Kier molecular flexibility index (Phi) is 5.01. The highest BCUT2D eigenvalue weighted by molar-refractivity contribution is 5.36. The minimum absolute atomic E-state index is 0.157. The molecule has 0 amide bonds. The number of alkyl halides is 8. The number of halogens is 8. The zero-order valence-electron chi connectivity index (χ0n) is 12.4. The monoisotopic (exact) mass is 391 g/mol. The van der Waals surface area contributed by atoms with Gasteiger partial charge in [0.1, 0.15) is 12.1 Å². The van der Waals surface area contributed by atoms with E-state index in [4.69, 9.17) is 0 Å². The third kappa shape index (κ3) is 3.37. The first-order valence-electron chi connectivity index (χ1n) is 6.67. The first kappa shape index (κ1) is 19.7. The lowest BCUT2D eigenvalue weighted by Gasteiger charge is -2.31. The average Bonchev–Trinajstić information content (AvgIpc) is 2.99. The summed E-state index contributed by atoms with van der Waals surface area (Å²) >= 11 is 0. The van der Waals surface area contributed by atoms with E-state index in [1.54, 1.807) is 0 Å². The number of H-pyrrole nitrogens is 1. The maximum Gasteiger partial charge on any atom is 0.381 e. The number of rotatable bonds is 7. The van der Waals surface area contributed by atoms with Gasteiger partial charge in [-0.05, 0) is 24.3 Å². The Morgan fingerprint density at radius 2 is 1.65 bits per heavy atom. The number of nitrogens with zero attached hydrogens (tertiary/aromatic N) is 2. The first-order chi connectivity index (χ1) is 11.9. The van der Waals surface area contributed by atoms with E-state index in [0.29, 0.717) is 0 Å². The van der Waals surface area contributed by atoms with Crippen molar-refractivity contribution >= 4 is 0 Å². The second-order valence-electron chi connectivity index (χ2n) is 4.99. The Morgan fingerprint density at radius 3 is 2.12 bits per heavy atom. The van der Waals surface area contributed by atoms with Gasteiger partial charge >= 0.3 is 29.9 Å². The van der Waals surface area contributed by atoms with Crippen LogP contribution < -0.4 is 10.4 Å². The molecule has 26 heavy (non-hydrogen) atoms. The fourth-order valence-electron chi connectivity index (χ4n) is 1.77. The Bertz CT molecular complexity index is 800. The van der Waals surface area contributed by atoms with Gasteiger partial charge in [-0.1, -0.05) is 0 Å². The summed E-state index contributed by atoms with van der Waals surface area (Å²) < 4.78 is 107. The van der Waals surface area contributed by atoms with Gasteiger partial charge in [0.05, 0.1) is 5.69 Å². The van der Waals surface area contributed by atoms with Crippen molar-refractivity contribution in [1.29, 1.82) is 0 Å². The SMILES string of the molecule is O=c1[nH]cnn1-c1ccc(OCC(F)(F)C(F)(F)C(F)(F)C(F)F)cc1. The van der Waals surface area contributed by atoms with Crippen molar-refractivity contribution in [2.45, 2.75) is 24.2 Å². The highest BCUT2D eigenvalue weighted by Gasteiger charge is 2.75. The van der Waals surface area contributed by atoms with Crippen molar-refractivity contribution in [2.75, 3.05) is 6.61 Å². The van der Waals surface area contributed by atoms with Gasteiger partial charge in [-0.15, -0.1) is 0 Å². The zero-order valence-corrected chi connectivity index (χ0v) is 12.4. The molecule has 2 rings (SSSR count). The third-order valence-corrected chi connectivity index (χ3v) is 3.21. The molecule has 0 spiro atoms. The molecular weight excluding hydrogens is 382 g/mol. The van der Waals surface area contributed by atoms with Gasteiger partial charge in [0.2, 0.25) is 0 Å². The molecule has 13 heteroatoms. The fraction of sp³-hybridized carbons (Fsp3) is 0.385. The molecule has 0 saturated heterocycles. The molecule has 0 radical (unpaired) electrons. The standard InChI is InChI=1S/C13H9F8N3O2/c14-9(15)12(18,19)13(20,21)11(16,17)5-26-8-3-1-7(2-4-8)24-10(25)22-6-23-24/h1-4,6,9H,5H2,(H,22,23,25). The first-order valence-corrected chi connectivity index (χ1v) is 6.67. The summed E-state index contributed by atoms with van der Waals surface area (Å²) in [5.74, 6) is -18.6. The number of hydrogen-bond acceptors (Lipinski definition) is 3. The fourth-order valence-corrected chi connectivity index (χ4v) is 1.77. The Balaban J connectivity index is 2.12. The van der Waals surface area contributed by atoms with Crippen LogP contribution in [0.25, 0.3) is 5.69 Å². The molecule has 1 aromatic heterocycles. The maximum absolute atomic E-state index is 13.4. The van der Waals surface area contributed by atoms with Crippen LogP contribution in [0.2, 0.25) is 0 Å². The quantitative estimate of drug-likeness (QED) is 0.738. The van der Waals surface area contributed by atoms with Crippen molar-refractivity contribution in [2.24, 2.45) is 0 Å². The Hall–Kier alpha value is -2.60. The van der Waals surface area contributed by atoms with E-state index in [1.165, 1.54) is 0 Å². The number of aromatic nitrogens is 3. The summed E-state index contributed by atoms with van der Waals surface area (Å²) in [6.07, 6.45) is -3.92. The summed E-state index contributed by atoms with van der Waals surface area (Å²) in [7, 11) is 0. The van der Waals surface area contributed by atoms with E-state index in [2.05, 4.69) is 14.8 Å². The topological polar surface area (TPSA) is 59.9 Å². The minimum atomic E-state index is -6.34. The number of hydrogen-bond donors (Lipinski definition) is 1. The van der Waals surface area contributed by atoms with Gasteiger partial charge in [0.25, 0.3) is 0 Å². The van der Waals surface area contributed by atoms with Gasteiger partial charge in [-0.2, -0.15) is 36.1 Å². The predicted octanol–water partition coefficient (Wildman–Crippen LogP) is 3.11. The molecule has 5 nitrogen and oxygen atoms in total. The summed E-state index contributed by atoms with van der Waals surface area (Å²) in [4.78, 5) is 13.5. The lowest BCUT2D eigenvalue weighted by Crippen LogP contribution is -2.59. The molecule has 1 aromatic carbocycles. The van der Waals surface area contributed by atoms with Gasteiger partial charge in [-0.25, -0.2) is 13.6 Å². The van der Waals surface area contributed by atoms with E-state index in [9.17, 15) is 39.9 Å². The van der Waals surface area contributed by atoms with Crippen molar-refractivity contribution in [3.8, 4) is 11.4 Å². The molecule has 0 aliphatic rings. The van der Waals surface area contributed by atoms with Crippen molar-refractivity contribution in [3.63, 3.8) is 0 Å². The van der Waals surface area contributed by atoms with Crippen LogP contribution in [0, 0.1) is 0 Å². The second kappa shape index (κ2) is 6.61. The predicted molar refractivity (Wildman–Crippen MR) is 70.5 cm³/mol. The van der Waals surface area contributed by atoms with E-state index >= 15 is 0 Å². The number of ether oxygens (including phenoxy) is 1. The summed E-state index contributed by atoms with van der Waals surface area (Å²) in [5.41, 5.74) is -0.469. The van der Waals surface area contributed by atoms with Crippen LogP contribution in [-0.4, -0.2) is 45.6 Å². The minimum Gasteiger partial charge on any atom is -0.487 e. The Labute approximate surface area is 139 Å². The molecule has 1 heterocycles. The molecule has 0 saturated carbocycles. The summed E-state index contributed by atoms with van der Waals surface area (Å²) in [5, 5.41) is 3.61. The van der Waals surface area contributed by atoms with Gasteiger partial charge < -0.3 is 4.74 Å². The smallest absolute Gasteiger partial charge is 0.381 e. The molecule has 1 N–H and O–H groups in total. The van der Waals surface area contributed by atoms with E-state index in [-0.39, 0.29) is 5.69 Å². The van der Waals surface area contributed by atoms with Crippen molar-refractivity contribution in [1.82, 2.24) is 14.8 Å². The van der Waals surface area contributed by atoms with Crippen molar-refractivity contribution in [3.05, 3.63) is 41.1 Å². The molecule has 2 aromatic rings. The van der Waals surface area contributed by atoms with Crippen LogP contribution in [0.5, 0.6) is 5.75 Å². The molecule has 0 bridgehead atoms.